The largest absolute Gasteiger partial charge is 0.460 e. The van der Waals surface area contributed by atoms with Gasteiger partial charge in [0.1, 0.15) is 11.6 Å². The lowest BCUT2D eigenvalue weighted by Gasteiger charge is -2.28. The predicted octanol–water partition coefficient (Wildman–Crippen LogP) is 3.80. The maximum absolute atomic E-state index is 12.7. The van der Waals surface area contributed by atoms with Crippen molar-refractivity contribution < 1.29 is 22.7 Å². The van der Waals surface area contributed by atoms with Crippen LogP contribution in [0.2, 0.25) is 0 Å². The molecule has 6 heteroatoms. The van der Waals surface area contributed by atoms with E-state index in [1.165, 1.54) is 0 Å². The summed E-state index contributed by atoms with van der Waals surface area (Å²) in [5, 5.41) is 0. The van der Waals surface area contributed by atoms with Crippen LogP contribution in [0.4, 0.5) is 13.2 Å². The monoisotopic (exact) mass is 297 g/mol. The Morgan fingerprint density at radius 2 is 1.70 bits per heavy atom. The van der Waals surface area contributed by atoms with E-state index in [2.05, 4.69) is 0 Å². The van der Waals surface area contributed by atoms with Crippen LogP contribution >= 0.6 is 0 Å². The molecule has 2 N–H and O–H groups in total. The second-order valence-electron chi connectivity index (χ2n) is 6.06. The Hall–Kier alpha value is -0.780. The van der Waals surface area contributed by atoms with Crippen molar-refractivity contribution in [2.45, 2.75) is 77.6 Å². The van der Waals surface area contributed by atoms with Crippen LogP contribution in [-0.2, 0) is 9.53 Å². The van der Waals surface area contributed by atoms with Crippen molar-refractivity contribution >= 4 is 5.97 Å². The maximum Gasteiger partial charge on any atom is 0.404 e. The fourth-order valence-electron chi connectivity index (χ4n) is 1.84. The number of hydrogen-bond donors (Lipinski definition) is 1. The van der Waals surface area contributed by atoms with Crippen molar-refractivity contribution in [3.8, 4) is 0 Å². The van der Waals surface area contributed by atoms with Gasteiger partial charge in [-0.1, -0.05) is 32.6 Å². The van der Waals surface area contributed by atoms with E-state index in [0.29, 0.717) is 6.42 Å². The molecule has 0 saturated carbocycles. The number of carbonyl (C=O) groups excluding carboxylic acids is 1. The van der Waals surface area contributed by atoms with Crippen molar-refractivity contribution in [3.63, 3.8) is 0 Å². The molecule has 20 heavy (non-hydrogen) atoms. The van der Waals surface area contributed by atoms with E-state index in [1.807, 2.05) is 6.92 Å². The molecule has 0 aromatic heterocycles. The van der Waals surface area contributed by atoms with Gasteiger partial charge in [-0.25, -0.2) is 0 Å². The van der Waals surface area contributed by atoms with E-state index >= 15 is 0 Å². The van der Waals surface area contributed by atoms with Gasteiger partial charge in [0.05, 0.1) is 5.92 Å². The third kappa shape index (κ3) is 7.72. The van der Waals surface area contributed by atoms with Crippen LogP contribution in [-0.4, -0.2) is 23.8 Å². The van der Waals surface area contributed by atoms with Gasteiger partial charge in [0.25, 0.3) is 0 Å². The Morgan fingerprint density at radius 1 is 1.15 bits per heavy atom. The number of alkyl halides is 3. The summed E-state index contributed by atoms with van der Waals surface area (Å²) >= 11 is 0. The molecule has 0 bridgehead atoms. The summed E-state index contributed by atoms with van der Waals surface area (Å²) in [5.41, 5.74) is 4.39. The normalized spacial score (nSPS) is 15.8. The standard InChI is InChI=1S/C14H26F3NO2/c1-5-6-7-8-9-10(11(18)14(15,16)17)12(19)20-13(2,3)4/h10-11H,5-9,18H2,1-4H3/t10-,11-/m1/s1. The molecule has 0 spiro atoms. The van der Waals surface area contributed by atoms with E-state index in [9.17, 15) is 18.0 Å². The minimum absolute atomic E-state index is 0.107. The molecule has 0 radical (unpaired) electrons. The van der Waals surface area contributed by atoms with E-state index < -0.39 is 29.7 Å². The molecule has 0 unspecified atom stereocenters. The molecule has 0 fully saturated rings. The van der Waals surface area contributed by atoms with Crippen LogP contribution in [0.25, 0.3) is 0 Å². The highest BCUT2D eigenvalue weighted by Crippen LogP contribution is 2.29. The van der Waals surface area contributed by atoms with Crippen LogP contribution < -0.4 is 5.73 Å². The Balaban J connectivity index is 4.74. The second kappa shape index (κ2) is 7.86. The third-order valence-corrected chi connectivity index (χ3v) is 2.89. The number of hydrogen-bond acceptors (Lipinski definition) is 3. The molecule has 0 rings (SSSR count). The van der Waals surface area contributed by atoms with Gasteiger partial charge < -0.3 is 10.5 Å². The molecule has 2 atom stereocenters. The SMILES string of the molecule is CCCCCC[C@@H](C(=O)OC(C)(C)C)[C@@H](N)C(F)(F)F. The van der Waals surface area contributed by atoms with E-state index in [0.717, 1.165) is 19.3 Å². The fraction of sp³-hybridized carbons (Fsp3) is 0.929. The molecule has 0 aliphatic rings. The number of unbranched alkanes of at least 4 members (excludes halogenated alkanes) is 3. The van der Waals surface area contributed by atoms with Gasteiger partial charge in [-0.2, -0.15) is 13.2 Å². The summed E-state index contributed by atoms with van der Waals surface area (Å²) < 4.78 is 43.3. The average Bonchev–Trinajstić information content (AvgIpc) is 2.24. The highest BCUT2D eigenvalue weighted by Gasteiger charge is 2.45. The third-order valence-electron chi connectivity index (χ3n) is 2.89. The van der Waals surface area contributed by atoms with Gasteiger partial charge in [-0.3, -0.25) is 4.79 Å². The first-order chi connectivity index (χ1) is 8.99. The number of ether oxygens (including phenoxy) is 1. The van der Waals surface area contributed by atoms with Gasteiger partial charge >= 0.3 is 12.1 Å². The van der Waals surface area contributed by atoms with E-state index in [1.54, 1.807) is 20.8 Å². The molecular formula is C14H26F3NO2. The first-order valence-electron chi connectivity index (χ1n) is 7.04. The average molecular weight is 297 g/mol. The highest BCUT2D eigenvalue weighted by molar-refractivity contribution is 5.73. The predicted molar refractivity (Wildman–Crippen MR) is 72.1 cm³/mol. The summed E-state index contributed by atoms with van der Waals surface area (Å²) in [6.07, 6.45) is -1.24. The van der Waals surface area contributed by atoms with Gasteiger partial charge in [0.2, 0.25) is 0 Å². The van der Waals surface area contributed by atoms with Crippen molar-refractivity contribution in [1.29, 1.82) is 0 Å². The van der Waals surface area contributed by atoms with Crippen molar-refractivity contribution in [1.82, 2.24) is 0 Å². The number of nitrogens with two attached hydrogens (primary N) is 1. The minimum Gasteiger partial charge on any atom is -0.460 e. The molecule has 0 heterocycles. The molecule has 0 amide bonds. The second-order valence-corrected chi connectivity index (χ2v) is 6.06. The van der Waals surface area contributed by atoms with Crippen LogP contribution in [0.15, 0.2) is 0 Å². The fourth-order valence-corrected chi connectivity index (χ4v) is 1.84. The molecule has 0 aromatic rings. The van der Waals surface area contributed by atoms with Gasteiger partial charge in [-0.15, -0.1) is 0 Å². The first-order valence-corrected chi connectivity index (χ1v) is 7.04. The van der Waals surface area contributed by atoms with Crippen molar-refractivity contribution in [3.05, 3.63) is 0 Å². The number of esters is 1. The van der Waals surface area contributed by atoms with Gasteiger partial charge in [-0.05, 0) is 27.2 Å². The zero-order chi connectivity index (χ0) is 16.0. The van der Waals surface area contributed by atoms with Crippen molar-refractivity contribution in [2.75, 3.05) is 0 Å². The van der Waals surface area contributed by atoms with Gasteiger partial charge in [0, 0.05) is 0 Å². The lowest BCUT2D eigenvalue weighted by atomic mass is 9.93. The van der Waals surface area contributed by atoms with Crippen LogP contribution in [0.5, 0.6) is 0 Å². The topological polar surface area (TPSA) is 52.3 Å². The summed E-state index contributed by atoms with van der Waals surface area (Å²) in [6.45, 7) is 6.88. The quantitative estimate of drug-likeness (QED) is 0.574. The number of rotatable bonds is 7. The molecule has 0 aliphatic heterocycles. The smallest absolute Gasteiger partial charge is 0.404 e. The molecule has 3 nitrogen and oxygen atoms in total. The molecule has 120 valence electrons. The van der Waals surface area contributed by atoms with E-state index in [4.69, 9.17) is 10.5 Å². The first kappa shape index (κ1) is 19.2. The zero-order valence-electron chi connectivity index (χ0n) is 12.7. The zero-order valence-corrected chi connectivity index (χ0v) is 12.7. The van der Waals surface area contributed by atoms with Crippen LogP contribution in [0, 0.1) is 5.92 Å². The summed E-state index contributed by atoms with van der Waals surface area (Å²) in [5.74, 6) is -2.19. The number of halogens is 3. The molecular weight excluding hydrogens is 271 g/mol. The highest BCUT2D eigenvalue weighted by atomic mass is 19.4. The van der Waals surface area contributed by atoms with Crippen molar-refractivity contribution in [2.24, 2.45) is 11.7 Å². The lowest BCUT2D eigenvalue weighted by Crippen LogP contribution is -2.48. The maximum atomic E-state index is 12.7. The Morgan fingerprint density at radius 3 is 2.10 bits per heavy atom. The van der Waals surface area contributed by atoms with Gasteiger partial charge in [0.15, 0.2) is 0 Å². The minimum atomic E-state index is -4.59. The summed E-state index contributed by atoms with van der Waals surface area (Å²) in [6, 6.07) is -2.17. The summed E-state index contributed by atoms with van der Waals surface area (Å²) in [4.78, 5) is 11.9. The molecule has 0 saturated heterocycles. The molecule has 0 aliphatic carbocycles. The van der Waals surface area contributed by atoms with Crippen LogP contribution in [0.3, 0.4) is 0 Å². The Bertz CT molecular complexity index is 298. The Kier molecular flexibility index (Phi) is 7.55. The molecule has 0 aromatic carbocycles. The lowest BCUT2D eigenvalue weighted by molar-refractivity contribution is -0.183. The van der Waals surface area contributed by atoms with Crippen LogP contribution in [0.1, 0.15) is 59.8 Å². The number of carbonyl (C=O) groups is 1. The Labute approximate surface area is 119 Å². The van der Waals surface area contributed by atoms with E-state index in [-0.39, 0.29) is 6.42 Å². The summed E-state index contributed by atoms with van der Waals surface area (Å²) in [7, 11) is 0.